The molecule has 6 aromatic rings. The Balaban J connectivity index is -0.000000200. The van der Waals surface area contributed by atoms with Crippen LogP contribution in [-0.2, 0) is 52.5 Å². The van der Waals surface area contributed by atoms with E-state index < -0.39 is 73.3 Å². The standard InChI is InChI=1S/C12H15ClO3.C12H12O3.C11H10ClF3O3.C10H11BrO3.2C10H11ClO3.Na.6H2S/c1-8(2)15-12(14)9(3)16-11-6-4-10(13)5-7-11;1-4-10-5-7-11(8-6-10)15-9(2)12(13)14-3;1-7(10(16)17-6-11(13,14)15)18-9-4-2-8(12)3-5-9;2*1-7(10(12)13-2)14-9-5-3-8(11)4-6-9;1-2-9(10(12)13)14-8-5-3-7(11)4-6-8;;;;;;;/h4-9H,1-3H3;1,5-9H,2-3H3;2-5,7H,6H2,1H3;2*3-7H,1-2H3;3-6,9H,2H2,1H3,(H,12,13);;6*1H2/q;;;;;;+1;;;;;;/p-1/t2*9-;3*7-;9-;;;;;;;/m000000......./s1. The second kappa shape index (κ2) is 58.6. The zero-order valence-electron chi connectivity index (χ0n) is 55.3. The van der Waals surface area contributed by atoms with Crippen molar-refractivity contribution in [2.75, 3.05) is 27.9 Å². The average Bonchev–Trinajstić information content (AvgIpc) is 1.07. The molecule has 6 atom stereocenters. The molecule has 542 valence electrons. The summed E-state index contributed by atoms with van der Waals surface area (Å²) in [4.78, 5) is 66.3. The van der Waals surface area contributed by atoms with Gasteiger partial charge in [-0.15, -0.1) is 6.42 Å². The summed E-state index contributed by atoms with van der Waals surface area (Å²) in [7, 11) is 3.98. The topological polar surface area (TPSA) is 227 Å². The maximum atomic E-state index is 11.8. The molecule has 0 radical (unpaired) electrons. The number of ether oxygens (including phenoxy) is 11. The number of methoxy groups -OCH3 is 3. The normalized spacial score (nSPS) is 11.3. The number of carboxylic acid groups (broad SMARTS) is 1. The predicted molar refractivity (Wildman–Crippen MR) is 401 cm³/mol. The first-order valence-electron chi connectivity index (χ1n) is 27.1. The molecule has 6 rings (SSSR count). The fraction of sp³-hybridized carbons (Fsp3) is 0.323. The van der Waals surface area contributed by atoms with Gasteiger partial charge >= 0.3 is 65.6 Å². The number of terminal acetylenes is 1. The summed E-state index contributed by atoms with van der Waals surface area (Å²) in [5, 5.41) is 12.9. The summed E-state index contributed by atoms with van der Waals surface area (Å²) < 4.78 is 90.7. The minimum atomic E-state index is -4.55. The first-order valence-corrected chi connectivity index (χ1v) is 29.4. The molecule has 0 unspecified atom stereocenters. The number of benzene rings is 6. The third kappa shape index (κ3) is 48.7. The summed E-state index contributed by atoms with van der Waals surface area (Å²) in [6.45, 7) is 11.5. The molecule has 0 aliphatic heterocycles. The smallest absolute Gasteiger partial charge is 0.546 e. The number of hydrogen-bond donors (Lipinski definition) is 0. The van der Waals surface area contributed by atoms with Gasteiger partial charge in [0.05, 0.1) is 33.4 Å². The Bertz CT molecular complexity index is 3130. The Morgan fingerprint density at radius 3 is 0.929 bits per heavy atom. The second-order valence-corrected chi connectivity index (χ2v) is 21.0. The first kappa shape index (κ1) is 106. The van der Waals surface area contributed by atoms with Crippen LogP contribution in [0.2, 0.25) is 20.1 Å². The minimum absolute atomic E-state index is 0. The van der Waals surface area contributed by atoms with Crippen LogP contribution < -0.4 is 63.1 Å². The van der Waals surface area contributed by atoms with Gasteiger partial charge in [0.2, 0.25) is 0 Å². The molecule has 18 nitrogen and oxygen atoms in total. The van der Waals surface area contributed by atoms with E-state index in [-0.39, 0.29) is 129 Å². The molecule has 0 aromatic heterocycles. The van der Waals surface area contributed by atoms with Crippen LogP contribution in [-0.4, -0.2) is 113 Å². The number of esters is 5. The zero-order chi connectivity index (χ0) is 68.8. The van der Waals surface area contributed by atoms with Crippen LogP contribution in [0.4, 0.5) is 13.2 Å². The Kier molecular flexibility index (Phi) is 63.7. The van der Waals surface area contributed by atoms with Gasteiger partial charge in [-0.1, -0.05) is 75.2 Å². The van der Waals surface area contributed by atoms with Crippen LogP contribution in [0.5, 0.6) is 34.5 Å². The Morgan fingerprint density at radius 1 is 0.449 bits per heavy atom. The van der Waals surface area contributed by atoms with Crippen LogP contribution in [0.1, 0.15) is 67.4 Å². The second-order valence-electron chi connectivity index (χ2n) is 18.4. The quantitative estimate of drug-likeness (QED) is 0.0282. The van der Waals surface area contributed by atoms with Crippen molar-refractivity contribution < 1.29 is 129 Å². The van der Waals surface area contributed by atoms with Crippen LogP contribution >= 0.6 is 143 Å². The zero-order valence-corrected chi connectivity index (χ0v) is 67.9. The number of carboxylic acids is 1. The SMILES string of the molecule is C#Cc1ccc(O[C@@H](C)C(=O)OC)cc1.CC(C)OC(=O)[C@H](C)Oc1ccc(Cl)cc1.CC[C@H](Oc1ccc(Cl)cc1)C(=O)[O-].COC(=O)[C@H](C)Oc1ccc(Br)cc1.COC(=O)[C@H](C)Oc1ccc(Cl)cc1.C[C@H](Oc1ccc(Cl)cc1)C(=O)OCC(F)(F)F.S.S.S.S.S.S.[Na+]. The fourth-order valence-corrected chi connectivity index (χ4v) is 6.78. The molecule has 0 aliphatic carbocycles. The van der Waals surface area contributed by atoms with E-state index in [1.54, 1.807) is 158 Å². The van der Waals surface area contributed by atoms with E-state index in [0.29, 0.717) is 61.0 Å². The number of carbonyl (C=O) groups excluding carboxylic acids is 6. The maximum Gasteiger partial charge on any atom is 1.00 e. The van der Waals surface area contributed by atoms with Gasteiger partial charge in [0.25, 0.3) is 0 Å². The largest absolute Gasteiger partial charge is 1.00 e. The summed E-state index contributed by atoms with van der Waals surface area (Å²) >= 11 is 26.0. The summed E-state index contributed by atoms with van der Waals surface area (Å²) in [6, 6.07) is 40.4. The molecule has 0 bridgehead atoms. The molecule has 0 amide bonds. The van der Waals surface area contributed by atoms with Crippen molar-refractivity contribution in [2.24, 2.45) is 0 Å². The Labute approximate surface area is 662 Å². The van der Waals surface area contributed by atoms with Gasteiger partial charge in [-0.05, 0) is 200 Å². The van der Waals surface area contributed by atoms with Crippen molar-refractivity contribution in [1.82, 2.24) is 0 Å². The Morgan fingerprint density at radius 2 is 0.694 bits per heavy atom. The number of rotatable bonds is 21. The summed E-state index contributed by atoms with van der Waals surface area (Å²) in [5.74, 6) is 1.86. The third-order valence-electron chi connectivity index (χ3n) is 10.6. The molecule has 0 heterocycles. The molecular formula is C65H81BrCl4F3NaO18S6. The molecule has 6 aromatic carbocycles. The van der Waals surface area contributed by atoms with Gasteiger partial charge in [-0.2, -0.15) is 94.1 Å². The van der Waals surface area contributed by atoms with Crippen molar-refractivity contribution in [2.45, 2.75) is 111 Å². The van der Waals surface area contributed by atoms with E-state index in [2.05, 4.69) is 40.8 Å². The van der Waals surface area contributed by atoms with Crippen LogP contribution in [0.15, 0.2) is 150 Å². The molecule has 0 saturated carbocycles. The van der Waals surface area contributed by atoms with Crippen molar-refractivity contribution in [1.29, 1.82) is 0 Å². The molecule has 33 heteroatoms. The van der Waals surface area contributed by atoms with Gasteiger partial charge < -0.3 is 62.0 Å². The monoisotopic (exact) mass is 1640 g/mol. The van der Waals surface area contributed by atoms with Gasteiger partial charge in [-0.25, -0.2) is 24.0 Å². The van der Waals surface area contributed by atoms with E-state index in [9.17, 15) is 47.0 Å². The number of halogens is 8. The number of alkyl halides is 3. The molecule has 0 N–H and O–H groups in total. The van der Waals surface area contributed by atoms with E-state index in [0.717, 1.165) is 10.0 Å². The fourth-order valence-electron chi connectivity index (χ4n) is 6.02. The van der Waals surface area contributed by atoms with Gasteiger partial charge in [0.15, 0.2) is 37.1 Å². The maximum absolute atomic E-state index is 11.8. The third-order valence-corrected chi connectivity index (χ3v) is 12.1. The average molecular weight is 1640 g/mol. The minimum Gasteiger partial charge on any atom is -0.546 e. The predicted octanol–water partition coefficient (Wildman–Crippen LogP) is 11.5. The molecule has 0 aliphatic rings. The first-order chi connectivity index (χ1) is 42.8. The Hall–Kier alpha value is -4.97. The molecule has 0 spiro atoms. The van der Waals surface area contributed by atoms with Crippen LogP contribution in [0.3, 0.4) is 0 Å². The van der Waals surface area contributed by atoms with Gasteiger partial charge in [0, 0.05) is 30.1 Å². The van der Waals surface area contributed by atoms with Gasteiger partial charge in [-0.3, -0.25) is 0 Å². The van der Waals surface area contributed by atoms with E-state index in [1.807, 2.05) is 12.1 Å². The number of carbonyl (C=O) groups is 6. The molecule has 0 saturated heterocycles. The molecular weight excluding hydrogens is 1560 g/mol. The van der Waals surface area contributed by atoms with E-state index in [4.69, 9.17) is 86.0 Å². The number of hydrogen-bond acceptors (Lipinski definition) is 18. The number of aliphatic carboxylic acids is 1. The molecule has 98 heavy (non-hydrogen) atoms. The van der Waals surface area contributed by atoms with Crippen molar-refractivity contribution in [3.8, 4) is 46.8 Å². The summed E-state index contributed by atoms with van der Waals surface area (Å²) in [6.07, 6.45) is -3.58. The van der Waals surface area contributed by atoms with Crippen molar-refractivity contribution in [3.05, 3.63) is 176 Å². The van der Waals surface area contributed by atoms with E-state index in [1.165, 1.54) is 52.5 Å². The molecule has 0 fully saturated rings. The van der Waals surface area contributed by atoms with Crippen LogP contribution in [0, 0.1) is 12.3 Å². The van der Waals surface area contributed by atoms with Crippen molar-refractivity contribution in [3.63, 3.8) is 0 Å². The van der Waals surface area contributed by atoms with Gasteiger partial charge in [0.1, 0.15) is 40.6 Å². The summed E-state index contributed by atoms with van der Waals surface area (Å²) in [5.41, 5.74) is 0.771. The van der Waals surface area contributed by atoms with Crippen molar-refractivity contribution >= 4 is 179 Å². The van der Waals surface area contributed by atoms with E-state index >= 15 is 0 Å². The van der Waals surface area contributed by atoms with Crippen LogP contribution in [0.25, 0.3) is 0 Å².